The Morgan fingerprint density at radius 1 is 1.21 bits per heavy atom. The summed E-state index contributed by atoms with van der Waals surface area (Å²) in [5, 5.41) is 10.3. The van der Waals surface area contributed by atoms with Crippen molar-refractivity contribution in [3.63, 3.8) is 0 Å². The number of H-pyrrole nitrogens is 1. The predicted octanol–water partition coefficient (Wildman–Crippen LogP) is 1.52. The first kappa shape index (κ1) is 15.1. The molecule has 3 heterocycles. The third-order valence-electron chi connectivity index (χ3n) is 4.97. The van der Waals surface area contributed by atoms with Crippen LogP contribution in [-0.4, -0.2) is 39.3 Å². The van der Waals surface area contributed by atoms with Crippen LogP contribution in [0.5, 0.6) is 0 Å². The molecule has 2 aliphatic rings. The van der Waals surface area contributed by atoms with Crippen molar-refractivity contribution in [2.45, 2.75) is 44.6 Å². The number of rotatable bonds is 4. The second-order valence-electron chi connectivity index (χ2n) is 6.50. The number of hydrogen-bond donors (Lipinski definition) is 2. The third-order valence-corrected chi connectivity index (χ3v) is 4.97. The molecule has 0 bridgehead atoms. The van der Waals surface area contributed by atoms with E-state index in [9.17, 15) is 4.79 Å². The van der Waals surface area contributed by atoms with Crippen LogP contribution >= 0.6 is 0 Å². The lowest BCUT2D eigenvalue weighted by molar-refractivity contribution is 0.467. The van der Waals surface area contributed by atoms with Gasteiger partial charge in [0, 0.05) is 36.5 Å². The molecule has 7 nitrogen and oxygen atoms in total. The Kier molecular flexibility index (Phi) is 4.15. The lowest BCUT2D eigenvalue weighted by Crippen LogP contribution is -2.44. The summed E-state index contributed by atoms with van der Waals surface area (Å²) in [6.45, 7) is 1.79. The molecule has 0 amide bonds. The maximum Gasteiger partial charge on any atom is 0.264 e. The van der Waals surface area contributed by atoms with Gasteiger partial charge >= 0.3 is 0 Å². The first-order valence-corrected chi connectivity index (χ1v) is 8.70. The summed E-state index contributed by atoms with van der Waals surface area (Å²) in [5.41, 5.74) is 2.30. The molecule has 1 atom stereocenters. The number of aromatic amines is 1. The second-order valence-corrected chi connectivity index (χ2v) is 6.50. The Bertz CT molecular complexity index is 753. The Morgan fingerprint density at radius 2 is 2.17 bits per heavy atom. The van der Waals surface area contributed by atoms with Gasteiger partial charge in [0.1, 0.15) is 18.0 Å². The number of nitrogens with one attached hydrogen (secondary N) is 2. The van der Waals surface area contributed by atoms with E-state index in [4.69, 9.17) is 0 Å². The van der Waals surface area contributed by atoms with E-state index in [1.165, 1.54) is 24.1 Å². The molecule has 0 radical (unpaired) electrons. The van der Waals surface area contributed by atoms with Gasteiger partial charge in [0.2, 0.25) is 0 Å². The third kappa shape index (κ3) is 2.98. The van der Waals surface area contributed by atoms with E-state index in [0.717, 1.165) is 50.4 Å². The summed E-state index contributed by atoms with van der Waals surface area (Å²) in [6, 6.07) is 3.70. The molecule has 24 heavy (non-hydrogen) atoms. The minimum atomic E-state index is -0.165. The zero-order valence-corrected chi connectivity index (χ0v) is 13.7. The average molecular weight is 326 g/mol. The van der Waals surface area contributed by atoms with Gasteiger partial charge < -0.3 is 10.2 Å². The molecule has 4 rings (SSSR count). The zero-order valence-electron chi connectivity index (χ0n) is 13.7. The fraction of sp³-hybridized carbons (Fsp3) is 0.529. The van der Waals surface area contributed by atoms with Crippen LogP contribution < -0.4 is 15.8 Å². The summed E-state index contributed by atoms with van der Waals surface area (Å²) in [4.78, 5) is 22.3. The number of hydrogen-bond acceptors (Lipinski definition) is 6. The van der Waals surface area contributed by atoms with Crippen molar-refractivity contribution in [3.8, 4) is 0 Å². The minimum absolute atomic E-state index is 0.165. The van der Waals surface area contributed by atoms with Gasteiger partial charge in [0.05, 0.1) is 0 Å². The van der Waals surface area contributed by atoms with Gasteiger partial charge in [-0.15, -0.1) is 0 Å². The molecule has 2 N–H and O–H groups in total. The molecule has 1 saturated heterocycles. The molecule has 0 saturated carbocycles. The highest BCUT2D eigenvalue weighted by molar-refractivity contribution is 5.48. The van der Waals surface area contributed by atoms with Crippen molar-refractivity contribution in [3.05, 3.63) is 40.1 Å². The normalized spacial score (nSPS) is 20.0. The molecular formula is C17H22N6O. The smallest absolute Gasteiger partial charge is 0.264 e. The van der Waals surface area contributed by atoms with E-state index in [2.05, 4.69) is 30.4 Å². The van der Waals surface area contributed by atoms with E-state index in [1.54, 1.807) is 18.5 Å². The van der Waals surface area contributed by atoms with Crippen molar-refractivity contribution in [1.29, 1.82) is 0 Å². The molecule has 1 fully saturated rings. The van der Waals surface area contributed by atoms with Crippen molar-refractivity contribution >= 4 is 11.6 Å². The predicted molar refractivity (Wildman–Crippen MR) is 92.4 cm³/mol. The Hall–Kier alpha value is -2.44. The van der Waals surface area contributed by atoms with E-state index in [1.807, 2.05) is 0 Å². The summed E-state index contributed by atoms with van der Waals surface area (Å²) in [7, 11) is 0. The topological polar surface area (TPSA) is 86.8 Å². The van der Waals surface area contributed by atoms with Crippen LogP contribution in [0.25, 0.3) is 0 Å². The van der Waals surface area contributed by atoms with Crippen LogP contribution in [0.3, 0.4) is 0 Å². The van der Waals surface area contributed by atoms with E-state index in [-0.39, 0.29) is 5.56 Å². The number of piperidine rings is 1. The minimum Gasteiger partial charge on any atom is -0.368 e. The van der Waals surface area contributed by atoms with Crippen LogP contribution in [0.4, 0.5) is 11.6 Å². The largest absolute Gasteiger partial charge is 0.368 e. The standard InChI is InChI=1S/C17H22N6O/c24-16-8-7-15(21-22-16)23-9-2-1-4-12(23)10-18-17-13-5-3-6-14(13)19-11-20-17/h7-8,11-12H,1-6,9-10H2,(H,22,24)(H,18,19,20). The summed E-state index contributed by atoms with van der Waals surface area (Å²) >= 11 is 0. The Morgan fingerprint density at radius 3 is 3.04 bits per heavy atom. The summed E-state index contributed by atoms with van der Waals surface area (Å²) in [6.07, 6.45) is 8.43. The molecule has 2 aromatic heterocycles. The molecule has 7 heteroatoms. The van der Waals surface area contributed by atoms with Gasteiger partial charge in [0.25, 0.3) is 5.56 Å². The average Bonchev–Trinajstić information content (AvgIpc) is 3.10. The molecular weight excluding hydrogens is 304 g/mol. The van der Waals surface area contributed by atoms with Gasteiger partial charge in [-0.2, -0.15) is 5.10 Å². The van der Waals surface area contributed by atoms with Crippen LogP contribution in [0, 0.1) is 0 Å². The maximum absolute atomic E-state index is 11.2. The van der Waals surface area contributed by atoms with E-state index < -0.39 is 0 Å². The molecule has 0 aromatic carbocycles. The van der Waals surface area contributed by atoms with Gasteiger partial charge in [-0.3, -0.25) is 4.79 Å². The fourth-order valence-corrected chi connectivity index (χ4v) is 3.74. The van der Waals surface area contributed by atoms with Crippen LogP contribution in [0.1, 0.15) is 36.9 Å². The first-order chi connectivity index (χ1) is 11.8. The highest BCUT2D eigenvalue weighted by Crippen LogP contribution is 2.26. The van der Waals surface area contributed by atoms with Crippen molar-refractivity contribution in [2.24, 2.45) is 0 Å². The lowest BCUT2D eigenvalue weighted by Gasteiger charge is -2.36. The highest BCUT2D eigenvalue weighted by Gasteiger charge is 2.25. The van der Waals surface area contributed by atoms with Gasteiger partial charge in [-0.1, -0.05) is 0 Å². The SMILES string of the molecule is O=c1ccc(N2CCCCC2CNc2ncnc3c2CCC3)n[nH]1. The Balaban J connectivity index is 1.49. The van der Waals surface area contributed by atoms with Crippen LogP contribution in [-0.2, 0) is 12.8 Å². The first-order valence-electron chi connectivity index (χ1n) is 8.70. The lowest BCUT2D eigenvalue weighted by atomic mass is 10.0. The van der Waals surface area contributed by atoms with Gasteiger partial charge in [-0.25, -0.2) is 15.1 Å². The van der Waals surface area contributed by atoms with Gasteiger partial charge in [0.15, 0.2) is 0 Å². The quantitative estimate of drug-likeness (QED) is 0.886. The number of nitrogens with zero attached hydrogens (tertiary/aromatic N) is 4. The van der Waals surface area contributed by atoms with E-state index in [0.29, 0.717) is 6.04 Å². The van der Waals surface area contributed by atoms with Gasteiger partial charge in [-0.05, 0) is 44.6 Å². The molecule has 0 spiro atoms. The molecule has 1 aliphatic heterocycles. The Labute approximate surface area is 140 Å². The second kappa shape index (κ2) is 6.59. The summed E-state index contributed by atoms with van der Waals surface area (Å²) < 4.78 is 0. The van der Waals surface area contributed by atoms with Crippen LogP contribution in [0.15, 0.2) is 23.3 Å². The molecule has 2 aromatic rings. The van der Waals surface area contributed by atoms with E-state index >= 15 is 0 Å². The van der Waals surface area contributed by atoms with Crippen molar-refractivity contribution < 1.29 is 0 Å². The molecule has 1 unspecified atom stereocenters. The molecule has 1 aliphatic carbocycles. The number of anilines is 2. The molecule has 126 valence electrons. The zero-order chi connectivity index (χ0) is 16.4. The number of aryl methyl sites for hydroxylation is 1. The summed E-state index contributed by atoms with van der Waals surface area (Å²) in [5.74, 6) is 1.83. The fourth-order valence-electron chi connectivity index (χ4n) is 3.74. The number of fused-ring (bicyclic) bond motifs is 1. The van der Waals surface area contributed by atoms with Crippen molar-refractivity contribution in [1.82, 2.24) is 20.2 Å². The van der Waals surface area contributed by atoms with Crippen LogP contribution in [0.2, 0.25) is 0 Å². The maximum atomic E-state index is 11.2. The monoisotopic (exact) mass is 326 g/mol. The van der Waals surface area contributed by atoms with Crippen molar-refractivity contribution in [2.75, 3.05) is 23.3 Å². The number of aromatic nitrogens is 4. The highest BCUT2D eigenvalue weighted by atomic mass is 16.1.